The molecule has 0 fully saturated rings. The van der Waals surface area contributed by atoms with Gasteiger partial charge in [-0.3, -0.25) is 0 Å². The summed E-state index contributed by atoms with van der Waals surface area (Å²) in [5.74, 6) is 1.53. The number of hydrogen-bond donors (Lipinski definition) is 3. The van der Waals surface area contributed by atoms with Crippen molar-refractivity contribution in [1.29, 1.82) is 5.41 Å². The molecular formula is C22H28N8. The second kappa shape index (κ2) is 8.52. The van der Waals surface area contributed by atoms with Gasteiger partial charge in [-0.2, -0.15) is 4.98 Å². The smallest absolute Gasteiger partial charge is 0.243 e. The Bertz CT molecular complexity index is 1060. The van der Waals surface area contributed by atoms with E-state index in [0.29, 0.717) is 5.95 Å². The molecule has 0 radical (unpaired) electrons. The summed E-state index contributed by atoms with van der Waals surface area (Å²) in [5, 5.41) is 19.2. The van der Waals surface area contributed by atoms with Crippen LogP contribution in [0.15, 0.2) is 47.9 Å². The van der Waals surface area contributed by atoms with Gasteiger partial charge in [0.1, 0.15) is 5.82 Å². The van der Waals surface area contributed by atoms with Crippen molar-refractivity contribution in [3.63, 3.8) is 0 Å². The van der Waals surface area contributed by atoms with Gasteiger partial charge in [0, 0.05) is 62.1 Å². The molecule has 0 saturated heterocycles. The largest absolute Gasteiger partial charge is 0.388 e. The fraction of sp³-hybridized carbons (Fsp3) is 0.364. The molecule has 0 aromatic carbocycles. The van der Waals surface area contributed by atoms with Crippen LogP contribution in [-0.4, -0.2) is 52.5 Å². The lowest BCUT2D eigenvalue weighted by atomic mass is 9.92. The van der Waals surface area contributed by atoms with Crippen LogP contribution in [0.4, 0.5) is 11.8 Å². The Balaban J connectivity index is 1.57. The van der Waals surface area contributed by atoms with Gasteiger partial charge in [0.25, 0.3) is 0 Å². The zero-order valence-corrected chi connectivity index (χ0v) is 17.7. The average Bonchev–Trinajstić information content (AvgIpc) is 3.17. The predicted octanol–water partition coefficient (Wildman–Crippen LogP) is 3.33. The first kappa shape index (κ1) is 19.9. The van der Waals surface area contributed by atoms with E-state index < -0.39 is 0 Å². The highest BCUT2D eigenvalue weighted by molar-refractivity contribution is 5.78. The Kier molecular flexibility index (Phi) is 5.65. The Morgan fingerprint density at radius 2 is 2.17 bits per heavy atom. The van der Waals surface area contributed by atoms with Crippen LogP contribution < -0.4 is 15.5 Å². The van der Waals surface area contributed by atoms with Crippen molar-refractivity contribution >= 4 is 23.6 Å². The van der Waals surface area contributed by atoms with Crippen LogP contribution in [0.5, 0.6) is 0 Å². The zero-order chi connectivity index (χ0) is 21.1. The van der Waals surface area contributed by atoms with Crippen LogP contribution >= 0.6 is 0 Å². The summed E-state index contributed by atoms with van der Waals surface area (Å²) >= 11 is 0. The van der Waals surface area contributed by atoms with Gasteiger partial charge >= 0.3 is 0 Å². The Morgan fingerprint density at radius 3 is 2.87 bits per heavy atom. The van der Waals surface area contributed by atoms with Crippen molar-refractivity contribution in [2.24, 2.45) is 0 Å². The third-order valence-corrected chi connectivity index (χ3v) is 5.37. The summed E-state index contributed by atoms with van der Waals surface area (Å²) in [6, 6.07) is 8.29. The van der Waals surface area contributed by atoms with Crippen molar-refractivity contribution in [3.8, 4) is 11.1 Å². The molecule has 1 aliphatic carbocycles. The van der Waals surface area contributed by atoms with E-state index in [0.717, 1.165) is 54.0 Å². The van der Waals surface area contributed by atoms with Crippen molar-refractivity contribution in [2.45, 2.75) is 32.2 Å². The van der Waals surface area contributed by atoms with Gasteiger partial charge in [0.05, 0.1) is 0 Å². The summed E-state index contributed by atoms with van der Waals surface area (Å²) in [4.78, 5) is 11.3. The van der Waals surface area contributed by atoms with E-state index in [1.807, 2.05) is 49.6 Å². The number of pyridine rings is 2. The topological polar surface area (TPSA) is 94.2 Å². The highest BCUT2D eigenvalue weighted by Crippen LogP contribution is 2.27. The van der Waals surface area contributed by atoms with E-state index in [9.17, 15) is 0 Å². The molecule has 1 aliphatic rings. The minimum atomic E-state index is 0.214. The Labute approximate surface area is 176 Å². The zero-order valence-electron chi connectivity index (χ0n) is 17.7. The van der Waals surface area contributed by atoms with Crippen LogP contribution in [0.25, 0.3) is 16.8 Å². The minimum Gasteiger partial charge on any atom is -0.388 e. The van der Waals surface area contributed by atoms with Gasteiger partial charge in [-0.1, -0.05) is 0 Å². The van der Waals surface area contributed by atoms with Crippen LogP contribution in [0.2, 0.25) is 0 Å². The van der Waals surface area contributed by atoms with E-state index in [1.54, 1.807) is 4.52 Å². The summed E-state index contributed by atoms with van der Waals surface area (Å²) in [5.41, 5.74) is 5.04. The van der Waals surface area contributed by atoms with E-state index >= 15 is 0 Å². The second-order valence-electron chi connectivity index (χ2n) is 7.69. The molecule has 3 heterocycles. The third-order valence-electron chi connectivity index (χ3n) is 5.37. The monoisotopic (exact) mass is 404 g/mol. The number of nitrogens with one attached hydrogen (secondary N) is 3. The van der Waals surface area contributed by atoms with E-state index in [2.05, 4.69) is 33.7 Å². The van der Waals surface area contributed by atoms with E-state index in [4.69, 9.17) is 10.4 Å². The standard InChI is InChI=1S/C22H28N8/c1-4-24-19-9-8-17(12-16(19)13-23)26-22-27-21-18(6-5-11-30(21)28-22)15-7-10-20(25-14-15)29(2)3/h5-7,10-11,13-14,17,23-24H,4,8-9,12H2,1-3H3,(H,26,28). The molecular weight excluding hydrogens is 376 g/mol. The first-order chi connectivity index (χ1) is 14.6. The summed E-state index contributed by atoms with van der Waals surface area (Å²) in [6.45, 7) is 2.96. The summed E-state index contributed by atoms with van der Waals surface area (Å²) in [6.07, 6.45) is 7.95. The molecule has 0 saturated carbocycles. The fourth-order valence-corrected chi connectivity index (χ4v) is 3.84. The van der Waals surface area contributed by atoms with Crippen LogP contribution in [0, 0.1) is 5.41 Å². The van der Waals surface area contributed by atoms with Gasteiger partial charge in [-0.15, -0.1) is 5.10 Å². The van der Waals surface area contributed by atoms with Crippen molar-refractivity contribution in [1.82, 2.24) is 24.9 Å². The Hall–Kier alpha value is -3.42. The van der Waals surface area contributed by atoms with Crippen LogP contribution in [-0.2, 0) is 0 Å². The molecule has 30 heavy (non-hydrogen) atoms. The van der Waals surface area contributed by atoms with Crippen molar-refractivity contribution in [2.75, 3.05) is 30.9 Å². The van der Waals surface area contributed by atoms with Crippen LogP contribution in [0.3, 0.4) is 0 Å². The first-order valence-corrected chi connectivity index (χ1v) is 10.3. The molecule has 0 amide bonds. The van der Waals surface area contributed by atoms with Crippen molar-refractivity contribution < 1.29 is 0 Å². The van der Waals surface area contributed by atoms with Gasteiger partial charge in [-0.25, -0.2) is 9.50 Å². The lowest BCUT2D eigenvalue weighted by molar-refractivity contribution is 0.581. The molecule has 0 spiro atoms. The van der Waals surface area contributed by atoms with Gasteiger partial charge in [-0.05, 0) is 56.0 Å². The molecule has 0 aliphatic heterocycles. The molecule has 4 rings (SSSR count). The van der Waals surface area contributed by atoms with Gasteiger partial charge in [0.15, 0.2) is 5.65 Å². The molecule has 3 aromatic rings. The molecule has 3 N–H and O–H groups in total. The molecule has 8 nitrogen and oxygen atoms in total. The molecule has 0 bridgehead atoms. The molecule has 1 unspecified atom stereocenters. The van der Waals surface area contributed by atoms with Gasteiger partial charge in [0.2, 0.25) is 5.95 Å². The summed E-state index contributed by atoms with van der Waals surface area (Å²) in [7, 11) is 3.95. The molecule has 3 aromatic heterocycles. The number of rotatable bonds is 7. The molecule has 156 valence electrons. The number of anilines is 2. The SMILES string of the molecule is CCNC1=C(C=N)CC(Nc2nc3c(-c4ccc(N(C)C)nc4)cccn3n2)CC1. The van der Waals surface area contributed by atoms with E-state index in [1.165, 1.54) is 11.9 Å². The number of allylic oxidation sites excluding steroid dienone is 1. The average molecular weight is 405 g/mol. The number of nitrogens with zero attached hydrogens (tertiary/aromatic N) is 5. The van der Waals surface area contributed by atoms with E-state index in [-0.39, 0.29) is 6.04 Å². The lowest BCUT2D eigenvalue weighted by Gasteiger charge is -2.26. The highest BCUT2D eigenvalue weighted by atomic mass is 15.3. The van der Waals surface area contributed by atoms with Gasteiger partial charge < -0.3 is 20.9 Å². The number of fused-ring (bicyclic) bond motifs is 1. The fourth-order valence-electron chi connectivity index (χ4n) is 3.84. The third kappa shape index (κ3) is 3.98. The predicted molar refractivity (Wildman–Crippen MR) is 121 cm³/mol. The Morgan fingerprint density at radius 1 is 1.30 bits per heavy atom. The lowest BCUT2D eigenvalue weighted by Crippen LogP contribution is -2.29. The first-order valence-electron chi connectivity index (χ1n) is 10.3. The minimum absolute atomic E-state index is 0.214. The number of aromatic nitrogens is 4. The quantitative estimate of drug-likeness (QED) is 0.523. The van der Waals surface area contributed by atoms with Crippen molar-refractivity contribution in [3.05, 3.63) is 47.9 Å². The molecule has 1 atom stereocenters. The normalized spacial score (nSPS) is 16.6. The maximum absolute atomic E-state index is 7.73. The molecule has 8 heteroatoms. The summed E-state index contributed by atoms with van der Waals surface area (Å²) < 4.78 is 1.80. The highest BCUT2D eigenvalue weighted by Gasteiger charge is 2.21. The maximum atomic E-state index is 7.73. The maximum Gasteiger partial charge on any atom is 0.243 e. The van der Waals surface area contributed by atoms with Crippen LogP contribution in [0.1, 0.15) is 26.2 Å². The number of hydrogen-bond acceptors (Lipinski definition) is 7. The second-order valence-corrected chi connectivity index (χ2v) is 7.69.